The number of carbonyl (C=O) groups excluding carboxylic acids is 1. The molecule has 0 atom stereocenters. The maximum absolute atomic E-state index is 10.4. The quantitative estimate of drug-likeness (QED) is 0.270. The lowest BCUT2D eigenvalue weighted by Gasteiger charge is -2.12. The van der Waals surface area contributed by atoms with Gasteiger partial charge in [0.25, 0.3) is 0 Å². The number of unbranched alkanes of at least 4 members (excludes halogenated alkanes) is 3. The van der Waals surface area contributed by atoms with E-state index in [2.05, 4.69) is 6.92 Å². The molecular weight excluding hydrogens is 142 g/mol. The average Bonchev–Trinajstić information content (AvgIpc) is 1.97. The fourth-order valence-corrected chi connectivity index (χ4v) is 0.819. The highest BCUT2D eigenvalue weighted by Gasteiger charge is 2.01. The summed E-state index contributed by atoms with van der Waals surface area (Å²) in [6, 6.07) is -0.554. The molecule has 66 valence electrons. The highest BCUT2D eigenvalue weighted by Crippen LogP contribution is 1.98. The van der Waals surface area contributed by atoms with Crippen LogP contribution in [0.25, 0.3) is 0 Å². The van der Waals surface area contributed by atoms with Gasteiger partial charge in [-0.25, -0.2) is 10.6 Å². The summed E-state index contributed by atoms with van der Waals surface area (Å²) < 4.78 is 0. The van der Waals surface area contributed by atoms with Gasteiger partial charge in [0.05, 0.1) is 0 Å². The second-order valence-corrected chi connectivity index (χ2v) is 2.59. The molecule has 0 aromatic rings. The highest BCUT2D eigenvalue weighted by molar-refractivity contribution is 5.71. The summed E-state index contributed by atoms with van der Waals surface area (Å²) in [5.41, 5.74) is 4.91. The van der Waals surface area contributed by atoms with Crippen molar-refractivity contribution in [3.8, 4) is 0 Å². The standard InChI is InChI=1S/C7H17N3O/c1-2-3-4-5-6-10(9)7(8)11/h2-6,9H2,1H3,(H2,8,11). The maximum Gasteiger partial charge on any atom is 0.328 e. The molecule has 4 N–H and O–H groups in total. The van der Waals surface area contributed by atoms with E-state index in [1.807, 2.05) is 0 Å². The molecule has 2 amide bonds. The SMILES string of the molecule is CCCCCCN(N)C(N)=O. The molecule has 0 aliphatic heterocycles. The van der Waals surface area contributed by atoms with E-state index < -0.39 is 6.03 Å². The van der Waals surface area contributed by atoms with Crippen molar-refractivity contribution in [2.45, 2.75) is 32.6 Å². The van der Waals surface area contributed by atoms with Crippen LogP contribution < -0.4 is 11.6 Å². The third-order valence-corrected chi connectivity index (χ3v) is 1.54. The van der Waals surface area contributed by atoms with Crippen molar-refractivity contribution in [1.29, 1.82) is 0 Å². The van der Waals surface area contributed by atoms with Crippen LogP contribution in [-0.2, 0) is 0 Å². The molecule has 0 rings (SSSR count). The van der Waals surface area contributed by atoms with Gasteiger partial charge in [-0.05, 0) is 6.42 Å². The van der Waals surface area contributed by atoms with E-state index in [1.54, 1.807) is 0 Å². The number of hydrogen-bond donors (Lipinski definition) is 2. The summed E-state index contributed by atoms with van der Waals surface area (Å²) in [7, 11) is 0. The van der Waals surface area contributed by atoms with Crippen LogP contribution >= 0.6 is 0 Å². The Balaban J connectivity index is 3.17. The van der Waals surface area contributed by atoms with Gasteiger partial charge < -0.3 is 5.73 Å². The monoisotopic (exact) mass is 159 g/mol. The Labute approximate surface area is 67.5 Å². The lowest BCUT2D eigenvalue weighted by Crippen LogP contribution is -2.41. The number of primary amides is 1. The lowest BCUT2D eigenvalue weighted by molar-refractivity contribution is 0.207. The zero-order chi connectivity index (χ0) is 8.69. The van der Waals surface area contributed by atoms with Gasteiger partial charge >= 0.3 is 6.03 Å². The third kappa shape index (κ3) is 5.66. The molecule has 0 heterocycles. The van der Waals surface area contributed by atoms with Crippen LogP contribution in [0, 0.1) is 0 Å². The van der Waals surface area contributed by atoms with Crippen LogP contribution in [0.2, 0.25) is 0 Å². The van der Waals surface area contributed by atoms with Gasteiger partial charge in [-0.3, -0.25) is 5.01 Å². The minimum Gasteiger partial charge on any atom is -0.350 e. The Morgan fingerprint density at radius 2 is 2.00 bits per heavy atom. The van der Waals surface area contributed by atoms with Crippen LogP contribution in [0.4, 0.5) is 4.79 Å². The maximum atomic E-state index is 10.4. The molecule has 0 bridgehead atoms. The Morgan fingerprint density at radius 1 is 1.36 bits per heavy atom. The topological polar surface area (TPSA) is 72.3 Å². The second-order valence-electron chi connectivity index (χ2n) is 2.59. The molecule has 0 aromatic carbocycles. The molecule has 4 heteroatoms. The predicted molar refractivity (Wildman–Crippen MR) is 44.6 cm³/mol. The van der Waals surface area contributed by atoms with Crippen LogP contribution in [0.3, 0.4) is 0 Å². The lowest BCUT2D eigenvalue weighted by atomic mass is 10.2. The van der Waals surface area contributed by atoms with Crippen molar-refractivity contribution in [3.05, 3.63) is 0 Å². The molecule has 0 radical (unpaired) electrons. The van der Waals surface area contributed by atoms with Crippen LogP contribution in [-0.4, -0.2) is 17.6 Å². The Hall–Kier alpha value is -0.770. The third-order valence-electron chi connectivity index (χ3n) is 1.54. The number of hydrogen-bond acceptors (Lipinski definition) is 2. The number of amides is 2. The van der Waals surface area contributed by atoms with Gasteiger partial charge in [0, 0.05) is 6.54 Å². The van der Waals surface area contributed by atoms with Gasteiger partial charge in [-0.2, -0.15) is 0 Å². The molecule has 0 saturated carbocycles. The van der Waals surface area contributed by atoms with Gasteiger partial charge in [-0.1, -0.05) is 26.2 Å². The molecule has 0 saturated heterocycles. The number of hydrazine groups is 1. The van der Waals surface area contributed by atoms with Gasteiger partial charge in [0.15, 0.2) is 0 Å². The van der Waals surface area contributed by atoms with E-state index in [1.165, 1.54) is 12.8 Å². The minimum atomic E-state index is -0.554. The molecule has 0 fully saturated rings. The van der Waals surface area contributed by atoms with E-state index in [0.29, 0.717) is 6.54 Å². The summed E-state index contributed by atoms with van der Waals surface area (Å²) in [6.45, 7) is 2.70. The number of nitrogens with two attached hydrogens (primary N) is 2. The Kier molecular flexibility index (Phi) is 5.56. The smallest absolute Gasteiger partial charge is 0.328 e. The van der Waals surface area contributed by atoms with Crippen LogP contribution in [0.1, 0.15) is 32.6 Å². The van der Waals surface area contributed by atoms with E-state index in [-0.39, 0.29) is 0 Å². The van der Waals surface area contributed by atoms with Gasteiger partial charge in [-0.15, -0.1) is 0 Å². The van der Waals surface area contributed by atoms with Crippen molar-refractivity contribution >= 4 is 6.03 Å². The first-order chi connectivity index (χ1) is 5.18. The fourth-order valence-electron chi connectivity index (χ4n) is 0.819. The summed E-state index contributed by atoms with van der Waals surface area (Å²) in [6.07, 6.45) is 4.42. The number of carbonyl (C=O) groups is 1. The van der Waals surface area contributed by atoms with Crippen molar-refractivity contribution in [2.75, 3.05) is 6.54 Å². The Bertz CT molecular complexity index is 116. The van der Waals surface area contributed by atoms with E-state index >= 15 is 0 Å². The van der Waals surface area contributed by atoms with Gasteiger partial charge in [0.1, 0.15) is 0 Å². The van der Waals surface area contributed by atoms with Crippen LogP contribution in [0.15, 0.2) is 0 Å². The van der Waals surface area contributed by atoms with E-state index in [9.17, 15) is 4.79 Å². The molecule has 0 unspecified atom stereocenters. The number of urea groups is 1. The first-order valence-corrected chi connectivity index (χ1v) is 4.00. The summed E-state index contributed by atoms with van der Waals surface area (Å²) in [5.74, 6) is 5.26. The first-order valence-electron chi connectivity index (χ1n) is 4.00. The Morgan fingerprint density at radius 3 is 2.45 bits per heavy atom. The molecule has 0 aliphatic carbocycles. The largest absolute Gasteiger partial charge is 0.350 e. The molecule has 4 nitrogen and oxygen atoms in total. The minimum absolute atomic E-state index is 0.554. The summed E-state index contributed by atoms with van der Waals surface area (Å²) in [4.78, 5) is 10.4. The molecule has 0 aromatic heterocycles. The average molecular weight is 159 g/mol. The van der Waals surface area contributed by atoms with Crippen molar-refractivity contribution in [2.24, 2.45) is 11.6 Å². The number of rotatable bonds is 5. The van der Waals surface area contributed by atoms with Crippen molar-refractivity contribution in [3.63, 3.8) is 0 Å². The summed E-state index contributed by atoms with van der Waals surface area (Å²) in [5, 5.41) is 1.05. The first kappa shape index (κ1) is 10.2. The number of nitrogens with zero attached hydrogens (tertiary/aromatic N) is 1. The normalized spacial score (nSPS) is 9.64. The highest BCUT2D eigenvalue weighted by atomic mass is 16.2. The summed E-state index contributed by atoms with van der Waals surface area (Å²) >= 11 is 0. The van der Waals surface area contributed by atoms with E-state index in [4.69, 9.17) is 11.6 Å². The fraction of sp³-hybridized carbons (Fsp3) is 0.857. The van der Waals surface area contributed by atoms with Crippen LogP contribution in [0.5, 0.6) is 0 Å². The van der Waals surface area contributed by atoms with E-state index in [0.717, 1.165) is 17.9 Å². The molecule has 11 heavy (non-hydrogen) atoms. The second kappa shape index (κ2) is 5.97. The zero-order valence-electron chi connectivity index (χ0n) is 7.05. The molecular formula is C7H17N3O. The van der Waals surface area contributed by atoms with Crippen molar-refractivity contribution < 1.29 is 4.79 Å². The predicted octanol–water partition coefficient (Wildman–Crippen LogP) is 0.821. The molecule has 0 spiro atoms. The van der Waals surface area contributed by atoms with Crippen molar-refractivity contribution in [1.82, 2.24) is 5.01 Å². The molecule has 0 aliphatic rings. The van der Waals surface area contributed by atoms with Gasteiger partial charge in [0.2, 0.25) is 0 Å². The zero-order valence-corrected chi connectivity index (χ0v) is 7.05.